The highest BCUT2D eigenvalue weighted by molar-refractivity contribution is 5.79. The van der Waals surface area contributed by atoms with Crippen LogP contribution in [0.5, 0.6) is 11.5 Å². The first-order valence-electron chi connectivity index (χ1n) is 12.0. The summed E-state index contributed by atoms with van der Waals surface area (Å²) in [6.07, 6.45) is 0.681. The third-order valence-electron chi connectivity index (χ3n) is 5.27. The highest BCUT2D eigenvalue weighted by Crippen LogP contribution is 2.32. The zero-order valence-electron chi connectivity index (χ0n) is 21.6. The molecule has 1 unspecified atom stereocenters. The summed E-state index contributed by atoms with van der Waals surface area (Å²) in [7, 11) is 0. The van der Waals surface area contributed by atoms with Gasteiger partial charge in [-0.2, -0.15) is 0 Å². The number of rotatable bonds is 14. The summed E-state index contributed by atoms with van der Waals surface area (Å²) in [4.78, 5) is 47.9. The van der Waals surface area contributed by atoms with Crippen LogP contribution < -0.4 is 15.2 Å². The Balaban J connectivity index is 3.18. The van der Waals surface area contributed by atoms with E-state index in [1.165, 1.54) is 19.1 Å². The van der Waals surface area contributed by atoms with Gasteiger partial charge in [0.15, 0.2) is 11.5 Å². The lowest BCUT2D eigenvalue weighted by Crippen LogP contribution is -2.52. The van der Waals surface area contributed by atoms with Crippen LogP contribution in [0.1, 0.15) is 79.2 Å². The van der Waals surface area contributed by atoms with Crippen LogP contribution in [0.25, 0.3) is 0 Å². The van der Waals surface area contributed by atoms with Crippen molar-refractivity contribution in [1.29, 1.82) is 0 Å². The summed E-state index contributed by atoms with van der Waals surface area (Å²) in [5.74, 6) is -2.03. The van der Waals surface area contributed by atoms with E-state index in [0.29, 0.717) is 30.2 Å². The van der Waals surface area contributed by atoms with Crippen LogP contribution in [0.15, 0.2) is 18.2 Å². The van der Waals surface area contributed by atoms with Crippen molar-refractivity contribution < 1.29 is 38.5 Å². The Bertz CT molecular complexity index is 895. The van der Waals surface area contributed by atoms with Gasteiger partial charge >= 0.3 is 23.9 Å². The summed E-state index contributed by atoms with van der Waals surface area (Å²) < 4.78 is 16.0. The molecule has 0 aromatic heterocycles. The van der Waals surface area contributed by atoms with Crippen LogP contribution >= 0.6 is 0 Å². The van der Waals surface area contributed by atoms with Gasteiger partial charge in [-0.05, 0) is 49.3 Å². The van der Waals surface area contributed by atoms with Gasteiger partial charge < -0.3 is 25.1 Å². The molecule has 1 aromatic rings. The lowest BCUT2D eigenvalue weighted by molar-refractivity contribution is -0.151. The Hall–Kier alpha value is -2.94. The van der Waals surface area contributed by atoms with Gasteiger partial charge in [-0.15, -0.1) is 0 Å². The molecule has 35 heavy (non-hydrogen) atoms. The predicted molar refractivity (Wildman–Crippen MR) is 130 cm³/mol. The molecule has 1 aromatic carbocycles. The molecule has 0 bridgehead atoms. The molecule has 0 amide bonds. The highest BCUT2D eigenvalue weighted by atomic mass is 16.6. The smallest absolute Gasteiger partial charge is 0.324 e. The SMILES string of the molecule is CC(=O)O[C@@H](C)CC(N)(Cc1ccc(OC(=O)CCC(C)C)c(OC(=O)CCC(C)C)c1)C(=O)O. The molecule has 3 N–H and O–H groups in total. The molecule has 0 radical (unpaired) electrons. The number of aliphatic carboxylic acids is 1. The monoisotopic (exact) mass is 493 g/mol. The van der Waals surface area contributed by atoms with Crippen molar-refractivity contribution in [3.8, 4) is 11.5 Å². The second kappa shape index (κ2) is 13.8. The van der Waals surface area contributed by atoms with Crippen LogP contribution in [0, 0.1) is 11.8 Å². The maximum atomic E-state index is 12.4. The third-order valence-corrected chi connectivity index (χ3v) is 5.27. The van der Waals surface area contributed by atoms with Crippen LogP contribution in [-0.4, -0.2) is 40.6 Å². The fourth-order valence-electron chi connectivity index (χ4n) is 3.42. The average molecular weight is 494 g/mol. The van der Waals surface area contributed by atoms with Crippen molar-refractivity contribution in [2.75, 3.05) is 0 Å². The van der Waals surface area contributed by atoms with Gasteiger partial charge in [-0.3, -0.25) is 19.2 Å². The number of hydrogen-bond acceptors (Lipinski definition) is 8. The maximum absolute atomic E-state index is 12.4. The van der Waals surface area contributed by atoms with Gasteiger partial charge in [0.05, 0.1) is 0 Å². The molecule has 0 aliphatic rings. The Labute approximate surface area is 207 Å². The molecular weight excluding hydrogens is 454 g/mol. The largest absolute Gasteiger partial charge is 0.480 e. The summed E-state index contributed by atoms with van der Waals surface area (Å²) in [6.45, 7) is 10.8. The molecule has 0 aliphatic heterocycles. The minimum Gasteiger partial charge on any atom is -0.480 e. The summed E-state index contributed by atoms with van der Waals surface area (Å²) in [6, 6.07) is 4.49. The van der Waals surface area contributed by atoms with E-state index in [0.717, 1.165) is 0 Å². The Kier molecular flexibility index (Phi) is 11.9. The van der Waals surface area contributed by atoms with Gasteiger partial charge in [0.25, 0.3) is 0 Å². The summed E-state index contributed by atoms with van der Waals surface area (Å²) in [5, 5.41) is 9.77. The number of carbonyl (C=O) groups is 4. The molecule has 0 heterocycles. The van der Waals surface area contributed by atoms with Crippen molar-refractivity contribution in [2.45, 2.75) is 91.7 Å². The average Bonchev–Trinajstić information content (AvgIpc) is 2.71. The topological polar surface area (TPSA) is 142 Å². The molecular formula is C26H39NO8. The van der Waals surface area contributed by atoms with E-state index in [-0.39, 0.29) is 37.2 Å². The van der Waals surface area contributed by atoms with Gasteiger partial charge in [0, 0.05) is 32.6 Å². The molecule has 0 spiro atoms. The number of carbonyl (C=O) groups excluding carboxylic acids is 3. The fourth-order valence-corrected chi connectivity index (χ4v) is 3.42. The lowest BCUT2D eigenvalue weighted by atomic mass is 9.86. The first-order chi connectivity index (χ1) is 16.2. The zero-order chi connectivity index (χ0) is 26.8. The summed E-state index contributed by atoms with van der Waals surface area (Å²) >= 11 is 0. The van der Waals surface area contributed by atoms with Crippen LogP contribution in [0.2, 0.25) is 0 Å². The van der Waals surface area contributed by atoms with Crippen LogP contribution in [0.3, 0.4) is 0 Å². The second-order valence-electron chi connectivity index (χ2n) is 9.86. The number of carboxylic acid groups (broad SMARTS) is 1. The summed E-state index contributed by atoms with van der Waals surface area (Å²) in [5.41, 5.74) is 4.89. The Morgan fingerprint density at radius 2 is 1.43 bits per heavy atom. The van der Waals surface area contributed by atoms with E-state index in [2.05, 4.69) is 0 Å². The highest BCUT2D eigenvalue weighted by Gasteiger charge is 2.37. The first kappa shape index (κ1) is 30.1. The minimum absolute atomic E-state index is 0.0231. The zero-order valence-corrected chi connectivity index (χ0v) is 21.6. The van der Waals surface area contributed by atoms with Gasteiger partial charge in [0.1, 0.15) is 11.6 Å². The van der Waals surface area contributed by atoms with Crippen molar-refractivity contribution in [3.63, 3.8) is 0 Å². The van der Waals surface area contributed by atoms with Crippen molar-refractivity contribution in [3.05, 3.63) is 23.8 Å². The molecule has 196 valence electrons. The minimum atomic E-state index is -1.75. The molecule has 2 atom stereocenters. The molecule has 0 saturated heterocycles. The number of carboxylic acids is 1. The number of esters is 3. The number of ether oxygens (including phenoxy) is 3. The number of benzene rings is 1. The van der Waals surface area contributed by atoms with Gasteiger partial charge in [-0.25, -0.2) is 0 Å². The molecule has 9 nitrogen and oxygen atoms in total. The van der Waals surface area contributed by atoms with Crippen molar-refractivity contribution >= 4 is 23.9 Å². The van der Waals surface area contributed by atoms with Crippen LogP contribution in [0.4, 0.5) is 0 Å². The number of nitrogens with two attached hydrogens (primary N) is 1. The van der Waals surface area contributed by atoms with E-state index in [9.17, 15) is 24.3 Å². The maximum Gasteiger partial charge on any atom is 0.324 e. The van der Waals surface area contributed by atoms with E-state index in [1.807, 2.05) is 27.7 Å². The molecule has 1 rings (SSSR count). The van der Waals surface area contributed by atoms with Crippen molar-refractivity contribution in [2.24, 2.45) is 17.6 Å². The molecule has 9 heteroatoms. The lowest BCUT2D eigenvalue weighted by Gasteiger charge is -2.28. The molecule has 0 fully saturated rings. The quantitative estimate of drug-likeness (QED) is 0.290. The second-order valence-corrected chi connectivity index (χ2v) is 9.86. The predicted octanol–water partition coefficient (Wildman–Crippen LogP) is 4.04. The Morgan fingerprint density at radius 3 is 1.89 bits per heavy atom. The van der Waals surface area contributed by atoms with E-state index >= 15 is 0 Å². The molecule has 0 saturated carbocycles. The van der Waals surface area contributed by atoms with Gasteiger partial charge in [0.2, 0.25) is 0 Å². The van der Waals surface area contributed by atoms with E-state index in [4.69, 9.17) is 19.9 Å². The van der Waals surface area contributed by atoms with E-state index < -0.39 is 35.5 Å². The Morgan fingerprint density at radius 1 is 0.914 bits per heavy atom. The third kappa shape index (κ3) is 11.4. The first-order valence-corrected chi connectivity index (χ1v) is 12.0. The number of hydrogen-bond donors (Lipinski definition) is 2. The van der Waals surface area contributed by atoms with E-state index in [1.54, 1.807) is 13.0 Å². The normalized spacial score (nSPS) is 13.7. The standard InChI is InChI=1S/C26H39NO8/c1-16(2)7-11-23(29)34-21-10-9-20(13-22(21)35-24(30)12-8-17(3)4)15-26(27,25(31)32)14-18(5)33-19(6)28/h9-10,13,16-18H,7-8,11-12,14-15,27H2,1-6H3,(H,31,32)/t18-,26?/m0/s1. The van der Waals surface area contributed by atoms with Gasteiger partial charge in [-0.1, -0.05) is 33.8 Å². The molecule has 0 aliphatic carbocycles. The van der Waals surface area contributed by atoms with Crippen molar-refractivity contribution in [1.82, 2.24) is 0 Å². The fraction of sp³-hybridized carbons (Fsp3) is 0.615. The van der Waals surface area contributed by atoms with Crippen LogP contribution in [-0.2, 0) is 30.3 Å².